The third kappa shape index (κ3) is 4.10. The van der Waals surface area contributed by atoms with E-state index >= 15 is 0 Å². The first-order valence-electron chi connectivity index (χ1n) is 9.48. The number of halogens is 1. The van der Waals surface area contributed by atoms with E-state index in [0.717, 1.165) is 39.5 Å². The minimum Gasteiger partial charge on any atom is -0.508 e. The van der Waals surface area contributed by atoms with Gasteiger partial charge in [0.15, 0.2) is 0 Å². The zero-order valence-corrected chi connectivity index (χ0v) is 16.0. The summed E-state index contributed by atoms with van der Waals surface area (Å²) in [4.78, 5) is 10.8. The van der Waals surface area contributed by atoms with Crippen LogP contribution < -0.4 is 4.74 Å². The highest BCUT2D eigenvalue weighted by atomic mass is 19.1. The van der Waals surface area contributed by atoms with E-state index in [1.807, 2.05) is 36.4 Å². The minimum absolute atomic E-state index is 0.183. The van der Waals surface area contributed by atoms with Gasteiger partial charge in [0, 0.05) is 24.1 Å². The van der Waals surface area contributed by atoms with Gasteiger partial charge in [-0.2, -0.15) is 0 Å². The first kappa shape index (κ1) is 19.5. The summed E-state index contributed by atoms with van der Waals surface area (Å²) >= 11 is 0. The number of benzene rings is 3. The van der Waals surface area contributed by atoms with Crippen LogP contribution in [-0.2, 0) is 4.79 Å². The number of carboxylic acids is 1. The number of hydrogen-bond acceptors (Lipinski definition) is 3. The quantitative estimate of drug-likeness (QED) is 0.576. The summed E-state index contributed by atoms with van der Waals surface area (Å²) < 4.78 is 19.7. The van der Waals surface area contributed by atoms with Crippen LogP contribution in [0.25, 0.3) is 17.2 Å². The Hall–Kier alpha value is -3.86. The highest BCUT2D eigenvalue weighted by Crippen LogP contribution is 2.41. The highest BCUT2D eigenvalue weighted by Gasteiger charge is 2.21. The largest absolute Gasteiger partial charge is 0.508 e. The molecule has 1 aliphatic heterocycles. The van der Waals surface area contributed by atoms with Gasteiger partial charge in [-0.25, -0.2) is 9.18 Å². The van der Waals surface area contributed by atoms with Gasteiger partial charge in [0.25, 0.3) is 0 Å². The van der Waals surface area contributed by atoms with Crippen LogP contribution in [0.15, 0.2) is 72.8 Å². The standard InChI is InChI=1S/C25H19FO4/c26-19-8-11-22-23(15-19)30-14-13-21(17-6-9-20(27)10-7-17)25(22)18-4-1-16(2-5-18)3-12-24(28)29/h1-12,15,27H,13-14H2,(H,28,29)/b12-3+. The lowest BCUT2D eigenvalue weighted by Crippen LogP contribution is -1.97. The number of aliphatic carboxylic acids is 1. The van der Waals surface area contributed by atoms with Crippen LogP contribution in [0.5, 0.6) is 11.5 Å². The van der Waals surface area contributed by atoms with Crippen molar-refractivity contribution in [1.29, 1.82) is 0 Å². The Labute approximate surface area is 173 Å². The SMILES string of the molecule is O=C(O)/C=C/c1ccc(C2=C(c3ccc(O)cc3)CCOc3cc(F)ccc32)cc1. The Balaban J connectivity index is 1.89. The van der Waals surface area contributed by atoms with Gasteiger partial charge in [-0.1, -0.05) is 36.4 Å². The van der Waals surface area contributed by atoms with Crippen molar-refractivity contribution in [3.63, 3.8) is 0 Å². The molecule has 0 aliphatic carbocycles. The maximum Gasteiger partial charge on any atom is 0.328 e. The maximum atomic E-state index is 13.8. The molecule has 1 aliphatic rings. The molecule has 0 aromatic heterocycles. The molecular formula is C25H19FO4. The topological polar surface area (TPSA) is 66.8 Å². The van der Waals surface area contributed by atoms with E-state index in [4.69, 9.17) is 9.84 Å². The average Bonchev–Trinajstić information content (AvgIpc) is 2.92. The average molecular weight is 402 g/mol. The summed E-state index contributed by atoms with van der Waals surface area (Å²) in [6, 6.07) is 19.0. The van der Waals surface area contributed by atoms with E-state index in [1.54, 1.807) is 18.2 Å². The molecule has 0 atom stereocenters. The Kier molecular flexibility index (Phi) is 5.35. The fourth-order valence-corrected chi connectivity index (χ4v) is 3.58. The first-order valence-corrected chi connectivity index (χ1v) is 9.48. The van der Waals surface area contributed by atoms with Crippen LogP contribution in [0.3, 0.4) is 0 Å². The zero-order chi connectivity index (χ0) is 21.1. The number of carbonyl (C=O) groups is 1. The van der Waals surface area contributed by atoms with Crippen LogP contribution in [0.4, 0.5) is 4.39 Å². The molecule has 0 bridgehead atoms. The lowest BCUT2D eigenvalue weighted by atomic mass is 9.88. The van der Waals surface area contributed by atoms with E-state index in [0.29, 0.717) is 18.8 Å². The van der Waals surface area contributed by atoms with Gasteiger partial charge in [0.2, 0.25) is 0 Å². The molecule has 0 unspecified atom stereocenters. The number of carboxylic acid groups (broad SMARTS) is 1. The molecule has 5 heteroatoms. The van der Waals surface area contributed by atoms with Crippen molar-refractivity contribution in [2.45, 2.75) is 6.42 Å². The van der Waals surface area contributed by atoms with Gasteiger partial charge in [-0.05, 0) is 58.2 Å². The Morgan fingerprint density at radius 3 is 2.37 bits per heavy atom. The van der Waals surface area contributed by atoms with Crippen molar-refractivity contribution in [1.82, 2.24) is 0 Å². The van der Waals surface area contributed by atoms with E-state index < -0.39 is 5.97 Å². The van der Waals surface area contributed by atoms with Crippen molar-refractivity contribution in [3.8, 4) is 11.5 Å². The third-order valence-corrected chi connectivity index (χ3v) is 4.96. The number of rotatable bonds is 4. The molecule has 2 N–H and O–H groups in total. The minimum atomic E-state index is -1.01. The van der Waals surface area contributed by atoms with Gasteiger partial charge < -0.3 is 14.9 Å². The Morgan fingerprint density at radius 2 is 1.67 bits per heavy atom. The van der Waals surface area contributed by atoms with Crippen LogP contribution in [0.1, 0.15) is 28.7 Å². The Morgan fingerprint density at radius 1 is 0.967 bits per heavy atom. The van der Waals surface area contributed by atoms with Crippen molar-refractivity contribution < 1.29 is 24.1 Å². The van der Waals surface area contributed by atoms with Crippen LogP contribution in [-0.4, -0.2) is 22.8 Å². The molecule has 3 aromatic carbocycles. The second-order valence-corrected chi connectivity index (χ2v) is 6.93. The summed E-state index contributed by atoms with van der Waals surface area (Å²) in [6.45, 7) is 0.398. The van der Waals surface area contributed by atoms with Crippen molar-refractivity contribution in [3.05, 3.63) is 101 Å². The molecular weight excluding hydrogens is 383 g/mol. The van der Waals surface area contributed by atoms with Crippen molar-refractivity contribution >= 4 is 23.2 Å². The second-order valence-electron chi connectivity index (χ2n) is 6.93. The van der Waals surface area contributed by atoms with Crippen LogP contribution in [0, 0.1) is 5.82 Å². The summed E-state index contributed by atoms with van der Waals surface area (Å²) in [7, 11) is 0. The number of hydrogen-bond donors (Lipinski definition) is 2. The molecule has 0 fully saturated rings. The maximum absolute atomic E-state index is 13.8. The van der Waals surface area contributed by atoms with Gasteiger partial charge >= 0.3 is 5.97 Å². The molecule has 30 heavy (non-hydrogen) atoms. The van der Waals surface area contributed by atoms with Gasteiger partial charge in [0.1, 0.15) is 17.3 Å². The molecule has 0 saturated carbocycles. The van der Waals surface area contributed by atoms with E-state index in [2.05, 4.69) is 0 Å². The van der Waals surface area contributed by atoms with Crippen molar-refractivity contribution in [2.24, 2.45) is 0 Å². The lowest BCUT2D eigenvalue weighted by molar-refractivity contribution is -0.131. The highest BCUT2D eigenvalue weighted by molar-refractivity contribution is 6.00. The fourth-order valence-electron chi connectivity index (χ4n) is 3.58. The monoisotopic (exact) mass is 402 g/mol. The van der Waals surface area contributed by atoms with Gasteiger partial charge in [-0.3, -0.25) is 0 Å². The predicted octanol–water partition coefficient (Wildman–Crippen LogP) is 5.37. The number of aromatic hydroxyl groups is 1. The number of fused-ring (bicyclic) bond motifs is 1. The molecule has 4 rings (SSSR count). The summed E-state index contributed by atoms with van der Waals surface area (Å²) in [5.74, 6) is -0.708. The van der Waals surface area contributed by atoms with E-state index in [-0.39, 0.29) is 11.6 Å². The van der Waals surface area contributed by atoms with Gasteiger partial charge in [-0.15, -0.1) is 0 Å². The predicted molar refractivity (Wildman–Crippen MR) is 114 cm³/mol. The zero-order valence-electron chi connectivity index (χ0n) is 16.0. The van der Waals surface area contributed by atoms with E-state index in [9.17, 15) is 14.3 Å². The molecule has 3 aromatic rings. The first-order chi connectivity index (χ1) is 14.5. The molecule has 150 valence electrons. The molecule has 4 nitrogen and oxygen atoms in total. The molecule has 0 saturated heterocycles. The molecule has 0 radical (unpaired) electrons. The molecule has 0 amide bonds. The number of phenols is 1. The fraction of sp³-hybridized carbons (Fsp3) is 0.0800. The van der Waals surface area contributed by atoms with Crippen LogP contribution in [0.2, 0.25) is 0 Å². The van der Waals surface area contributed by atoms with Crippen LogP contribution >= 0.6 is 0 Å². The molecule has 0 spiro atoms. The second kappa shape index (κ2) is 8.25. The normalized spacial score (nSPS) is 13.6. The van der Waals surface area contributed by atoms with Gasteiger partial charge in [0.05, 0.1) is 6.61 Å². The summed E-state index contributed by atoms with van der Waals surface area (Å²) in [5, 5.41) is 18.5. The van der Waals surface area contributed by atoms with Crippen molar-refractivity contribution in [2.75, 3.05) is 6.61 Å². The number of ether oxygens (including phenoxy) is 1. The lowest BCUT2D eigenvalue weighted by Gasteiger charge is -2.15. The van der Waals surface area contributed by atoms with E-state index in [1.165, 1.54) is 18.2 Å². The summed E-state index contributed by atoms with van der Waals surface area (Å²) in [6.07, 6.45) is 3.23. The number of phenolic OH excluding ortho intramolecular Hbond substituents is 1. The smallest absolute Gasteiger partial charge is 0.328 e. The third-order valence-electron chi connectivity index (χ3n) is 4.96. The summed E-state index contributed by atoms with van der Waals surface area (Å²) in [5.41, 5.74) is 5.33. The molecule has 1 heterocycles. The Bertz CT molecular complexity index is 1140.